The topological polar surface area (TPSA) is 61.9 Å². The Morgan fingerprint density at radius 3 is 2.56 bits per heavy atom. The normalized spacial score (nSPS) is 17.8. The van der Waals surface area contributed by atoms with Gasteiger partial charge in [-0.15, -0.1) is 0 Å². The van der Waals surface area contributed by atoms with Crippen LogP contribution >= 0.6 is 0 Å². The van der Waals surface area contributed by atoms with Gasteiger partial charge in [0, 0.05) is 20.1 Å². The molecule has 3 rings (SSSR count). The highest BCUT2D eigenvalue weighted by Crippen LogP contribution is 2.33. The summed E-state index contributed by atoms with van der Waals surface area (Å²) in [6.07, 6.45) is 1.93. The van der Waals surface area contributed by atoms with Crippen LogP contribution in [-0.2, 0) is 17.8 Å². The van der Waals surface area contributed by atoms with E-state index in [4.69, 9.17) is 4.74 Å². The van der Waals surface area contributed by atoms with E-state index in [2.05, 4.69) is 10.2 Å². The molecule has 0 saturated carbocycles. The second-order valence-electron chi connectivity index (χ2n) is 7.90. The third-order valence-electron chi connectivity index (χ3n) is 4.59. The Morgan fingerprint density at radius 2 is 1.92 bits per heavy atom. The van der Waals surface area contributed by atoms with Crippen molar-refractivity contribution in [3.8, 4) is 0 Å². The van der Waals surface area contributed by atoms with Gasteiger partial charge in [-0.25, -0.2) is 4.79 Å². The number of rotatable bonds is 3. The molecule has 1 fully saturated rings. The average Bonchev–Trinajstić information content (AvgIpc) is 3.09. The number of carbonyl (C=O) groups is 2. The molecule has 6 nitrogen and oxygen atoms in total. The van der Waals surface area contributed by atoms with Gasteiger partial charge in [-0.3, -0.25) is 15.0 Å². The van der Waals surface area contributed by atoms with Crippen molar-refractivity contribution in [1.29, 1.82) is 0 Å². The highest BCUT2D eigenvalue weighted by Gasteiger charge is 2.31. The smallest absolute Gasteiger partial charge is 0.412 e. The molecule has 2 aliphatic heterocycles. The zero-order valence-corrected chi connectivity index (χ0v) is 15.5. The summed E-state index contributed by atoms with van der Waals surface area (Å²) in [4.78, 5) is 28.8. The number of benzene rings is 1. The minimum atomic E-state index is -0.580. The van der Waals surface area contributed by atoms with Gasteiger partial charge in [0.2, 0.25) is 0 Å². The SMILES string of the molecule is CN1Cc2c(CN3CCCC3)ccc(NC(=O)OC(C)(C)C)c2C1=O. The molecule has 0 spiro atoms. The molecule has 0 aliphatic carbocycles. The molecule has 0 atom stereocenters. The fourth-order valence-corrected chi connectivity index (χ4v) is 3.46. The number of nitrogens with zero attached hydrogens (tertiary/aromatic N) is 2. The molecule has 2 amide bonds. The standard InChI is InChI=1S/C19H27N3O3/c1-19(2,3)25-18(24)20-15-8-7-13(11-22-9-5-6-10-22)14-12-21(4)17(23)16(14)15/h7-8H,5-6,9-12H2,1-4H3,(H,20,24). The molecular formula is C19H27N3O3. The molecule has 1 saturated heterocycles. The summed E-state index contributed by atoms with van der Waals surface area (Å²) in [6.45, 7) is 9.10. The van der Waals surface area contributed by atoms with E-state index in [-0.39, 0.29) is 5.91 Å². The quantitative estimate of drug-likeness (QED) is 0.914. The molecule has 1 aromatic carbocycles. The van der Waals surface area contributed by atoms with Crippen LogP contribution in [0.15, 0.2) is 12.1 Å². The monoisotopic (exact) mass is 345 g/mol. The van der Waals surface area contributed by atoms with Gasteiger partial charge in [-0.2, -0.15) is 0 Å². The maximum Gasteiger partial charge on any atom is 0.412 e. The minimum Gasteiger partial charge on any atom is -0.444 e. The predicted molar refractivity (Wildman–Crippen MR) is 96.6 cm³/mol. The van der Waals surface area contributed by atoms with E-state index in [1.165, 1.54) is 18.4 Å². The van der Waals surface area contributed by atoms with E-state index >= 15 is 0 Å². The van der Waals surface area contributed by atoms with Crippen LogP contribution in [0.3, 0.4) is 0 Å². The maximum absolute atomic E-state index is 12.6. The van der Waals surface area contributed by atoms with Crippen LogP contribution in [0.1, 0.15) is 55.1 Å². The van der Waals surface area contributed by atoms with Crippen molar-refractivity contribution < 1.29 is 14.3 Å². The highest BCUT2D eigenvalue weighted by molar-refractivity contribution is 6.06. The number of nitrogens with one attached hydrogen (secondary N) is 1. The summed E-state index contributed by atoms with van der Waals surface area (Å²) in [7, 11) is 1.79. The van der Waals surface area contributed by atoms with Gasteiger partial charge in [-0.1, -0.05) is 6.07 Å². The second-order valence-corrected chi connectivity index (χ2v) is 7.90. The number of hydrogen-bond donors (Lipinski definition) is 1. The van der Waals surface area contributed by atoms with Crippen LogP contribution in [0.4, 0.5) is 10.5 Å². The fourth-order valence-electron chi connectivity index (χ4n) is 3.46. The largest absolute Gasteiger partial charge is 0.444 e. The lowest BCUT2D eigenvalue weighted by atomic mass is 10.0. The van der Waals surface area contributed by atoms with E-state index in [9.17, 15) is 9.59 Å². The van der Waals surface area contributed by atoms with Gasteiger partial charge in [0.05, 0.1) is 11.3 Å². The third kappa shape index (κ3) is 3.95. The number of likely N-dealkylation sites (tertiary alicyclic amines) is 1. The van der Waals surface area contributed by atoms with E-state index in [0.29, 0.717) is 17.8 Å². The zero-order chi connectivity index (χ0) is 18.2. The zero-order valence-electron chi connectivity index (χ0n) is 15.5. The molecule has 0 radical (unpaired) electrons. The number of anilines is 1. The molecule has 2 heterocycles. The molecule has 0 unspecified atom stereocenters. The number of fused-ring (bicyclic) bond motifs is 1. The van der Waals surface area contributed by atoms with Gasteiger partial charge in [0.25, 0.3) is 5.91 Å². The molecule has 0 bridgehead atoms. The van der Waals surface area contributed by atoms with Crippen LogP contribution in [0.5, 0.6) is 0 Å². The molecule has 6 heteroatoms. The van der Waals surface area contributed by atoms with E-state index < -0.39 is 11.7 Å². The molecule has 0 aromatic heterocycles. The van der Waals surface area contributed by atoms with Crippen LogP contribution in [0.2, 0.25) is 0 Å². The first-order valence-electron chi connectivity index (χ1n) is 8.87. The minimum absolute atomic E-state index is 0.0515. The lowest BCUT2D eigenvalue weighted by Gasteiger charge is -2.21. The number of hydrogen-bond acceptors (Lipinski definition) is 4. The number of amides is 2. The first-order chi connectivity index (χ1) is 11.7. The number of carbonyl (C=O) groups excluding carboxylic acids is 2. The molecule has 136 valence electrons. The van der Waals surface area contributed by atoms with Gasteiger partial charge in [0.15, 0.2) is 0 Å². The van der Waals surface area contributed by atoms with Crippen LogP contribution < -0.4 is 5.32 Å². The Morgan fingerprint density at radius 1 is 1.24 bits per heavy atom. The Kier molecular flexibility index (Phi) is 4.73. The van der Waals surface area contributed by atoms with Crippen LogP contribution in [0, 0.1) is 0 Å². The van der Waals surface area contributed by atoms with Crippen molar-refractivity contribution in [2.24, 2.45) is 0 Å². The van der Waals surface area contributed by atoms with Crippen molar-refractivity contribution in [2.45, 2.75) is 52.3 Å². The molecule has 1 N–H and O–H groups in total. The van der Waals surface area contributed by atoms with Crippen molar-refractivity contribution in [3.63, 3.8) is 0 Å². The van der Waals surface area contributed by atoms with Crippen LogP contribution in [-0.4, -0.2) is 47.5 Å². The Bertz CT molecular complexity index is 688. The fraction of sp³-hybridized carbons (Fsp3) is 0.579. The first-order valence-corrected chi connectivity index (χ1v) is 8.87. The summed E-state index contributed by atoms with van der Waals surface area (Å²) in [5.41, 5.74) is 2.75. The maximum atomic E-state index is 12.6. The molecular weight excluding hydrogens is 318 g/mol. The third-order valence-corrected chi connectivity index (χ3v) is 4.59. The summed E-state index contributed by atoms with van der Waals surface area (Å²) in [5, 5.41) is 2.75. The summed E-state index contributed by atoms with van der Waals surface area (Å²) in [5.74, 6) is -0.0515. The van der Waals surface area contributed by atoms with Gasteiger partial charge < -0.3 is 9.64 Å². The second kappa shape index (κ2) is 6.67. The number of ether oxygens (including phenoxy) is 1. The highest BCUT2D eigenvalue weighted by atomic mass is 16.6. The lowest BCUT2D eigenvalue weighted by Crippen LogP contribution is -2.28. The van der Waals surface area contributed by atoms with E-state index in [1.807, 2.05) is 32.9 Å². The van der Waals surface area contributed by atoms with Gasteiger partial charge in [0.1, 0.15) is 5.60 Å². The van der Waals surface area contributed by atoms with Crippen LogP contribution in [0.25, 0.3) is 0 Å². The summed E-state index contributed by atoms with van der Waals surface area (Å²) in [6, 6.07) is 3.85. The predicted octanol–water partition coefficient (Wildman–Crippen LogP) is 3.22. The van der Waals surface area contributed by atoms with Crippen molar-refractivity contribution in [1.82, 2.24) is 9.80 Å². The summed E-state index contributed by atoms with van der Waals surface area (Å²) < 4.78 is 5.32. The Hall–Kier alpha value is -2.08. The van der Waals surface area contributed by atoms with Crippen molar-refractivity contribution in [2.75, 3.05) is 25.5 Å². The Balaban J connectivity index is 1.86. The van der Waals surface area contributed by atoms with Crippen molar-refractivity contribution in [3.05, 3.63) is 28.8 Å². The van der Waals surface area contributed by atoms with E-state index in [0.717, 1.165) is 25.2 Å². The molecule has 25 heavy (non-hydrogen) atoms. The molecule has 1 aromatic rings. The van der Waals surface area contributed by atoms with Gasteiger partial charge >= 0.3 is 6.09 Å². The van der Waals surface area contributed by atoms with Gasteiger partial charge in [-0.05, 0) is 63.9 Å². The van der Waals surface area contributed by atoms with E-state index in [1.54, 1.807) is 11.9 Å². The average molecular weight is 345 g/mol. The Labute approximate surface area is 149 Å². The van der Waals surface area contributed by atoms with Crippen molar-refractivity contribution >= 4 is 17.7 Å². The summed E-state index contributed by atoms with van der Waals surface area (Å²) >= 11 is 0. The lowest BCUT2D eigenvalue weighted by molar-refractivity contribution is 0.0636. The molecule has 2 aliphatic rings. The first kappa shape index (κ1) is 17.7.